The molecule has 0 aliphatic carbocycles. The molecule has 0 saturated carbocycles. The molecule has 14 heteroatoms. The summed E-state index contributed by atoms with van der Waals surface area (Å²) in [5.74, 6) is -0.136. The molecular formula is C29H29F4N7O3. The van der Waals surface area contributed by atoms with E-state index in [-0.39, 0.29) is 29.3 Å². The number of hydrazone groups is 1. The van der Waals surface area contributed by atoms with E-state index >= 15 is 4.39 Å². The molecule has 2 aliphatic rings. The number of aromatic nitrogens is 1. The van der Waals surface area contributed by atoms with E-state index in [4.69, 9.17) is 4.74 Å². The van der Waals surface area contributed by atoms with E-state index in [9.17, 15) is 23.1 Å². The van der Waals surface area contributed by atoms with E-state index in [1.165, 1.54) is 47.8 Å². The van der Waals surface area contributed by atoms with Crippen molar-refractivity contribution >= 4 is 40.8 Å². The van der Waals surface area contributed by atoms with Gasteiger partial charge in [-0.3, -0.25) is 0 Å². The third kappa shape index (κ3) is 6.38. The van der Waals surface area contributed by atoms with Gasteiger partial charge in [0.2, 0.25) is 0 Å². The second kappa shape index (κ2) is 10.8. The lowest BCUT2D eigenvalue weighted by atomic mass is 9.85. The van der Waals surface area contributed by atoms with E-state index < -0.39 is 40.9 Å². The lowest BCUT2D eigenvalue weighted by molar-refractivity contribution is -0.137. The van der Waals surface area contributed by atoms with Gasteiger partial charge in [-0.25, -0.2) is 24.2 Å². The molecule has 2 unspecified atom stereocenters. The molecule has 2 atom stereocenters. The minimum absolute atomic E-state index is 0.111. The van der Waals surface area contributed by atoms with Crippen LogP contribution in [-0.2, 0) is 6.18 Å². The Bertz CT molecular complexity index is 1620. The average Bonchev–Trinajstić information content (AvgIpc) is 3.27. The van der Waals surface area contributed by atoms with Gasteiger partial charge < -0.3 is 25.8 Å². The van der Waals surface area contributed by atoms with Crippen LogP contribution in [0.3, 0.4) is 0 Å². The van der Waals surface area contributed by atoms with Crippen LogP contribution in [0, 0.1) is 11.2 Å². The molecule has 0 bridgehead atoms. The molecule has 2 aromatic carbocycles. The first-order valence-corrected chi connectivity index (χ1v) is 13.2. The average molecular weight is 600 g/mol. The lowest BCUT2D eigenvalue weighted by Gasteiger charge is -2.35. The second-order valence-electron chi connectivity index (χ2n) is 11.3. The van der Waals surface area contributed by atoms with Gasteiger partial charge in [-0.1, -0.05) is 26.8 Å². The maximum absolute atomic E-state index is 15.1. The number of carbonyl (C=O) groups excluding carboxylic acids is 1. The van der Waals surface area contributed by atoms with Crippen molar-refractivity contribution in [2.45, 2.75) is 52.2 Å². The molecule has 0 radical (unpaired) electrons. The Morgan fingerprint density at radius 1 is 1.16 bits per heavy atom. The Labute approximate surface area is 244 Å². The Morgan fingerprint density at radius 2 is 1.93 bits per heavy atom. The van der Waals surface area contributed by atoms with Gasteiger partial charge in [-0.05, 0) is 37.3 Å². The molecule has 2 amide bonds. The fraction of sp³-hybridized carbons (Fsp3) is 0.310. The number of benzene rings is 2. The highest BCUT2D eigenvalue weighted by Crippen LogP contribution is 2.40. The summed E-state index contributed by atoms with van der Waals surface area (Å²) >= 11 is 0. The number of hydrogen-bond acceptors (Lipinski definition) is 8. The van der Waals surface area contributed by atoms with Gasteiger partial charge in [0.05, 0.1) is 23.2 Å². The number of nitrogens with one attached hydrogen (secondary N) is 3. The van der Waals surface area contributed by atoms with Crippen LogP contribution >= 0.6 is 0 Å². The fourth-order valence-electron chi connectivity index (χ4n) is 4.59. The van der Waals surface area contributed by atoms with Crippen LogP contribution in [0.1, 0.15) is 39.7 Å². The van der Waals surface area contributed by atoms with Crippen LogP contribution in [0.25, 0.3) is 0 Å². The molecule has 43 heavy (non-hydrogen) atoms. The van der Waals surface area contributed by atoms with E-state index in [0.29, 0.717) is 17.2 Å². The zero-order chi connectivity index (χ0) is 31.2. The normalized spacial score (nSPS) is 19.8. The first-order chi connectivity index (χ1) is 20.1. The number of ether oxygens (including phenoxy) is 1. The Kier molecular flexibility index (Phi) is 7.50. The van der Waals surface area contributed by atoms with Crippen molar-refractivity contribution < 1.29 is 32.2 Å². The van der Waals surface area contributed by atoms with Crippen LogP contribution in [-0.4, -0.2) is 39.9 Å². The molecule has 3 heterocycles. The first-order valence-electron chi connectivity index (χ1n) is 13.2. The van der Waals surface area contributed by atoms with Crippen molar-refractivity contribution in [1.82, 2.24) is 10.3 Å². The maximum Gasteiger partial charge on any atom is 0.416 e. The van der Waals surface area contributed by atoms with Crippen LogP contribution in [0.2, 0.25) is 0 Å². The van der Waals surface area contributed by atoms with Gasteiger partial charge in [0.1, 0.15) is 22.9 Å². The summed E-state index contributed by atoms with van der Waals surface area (Å²) in [4.78, 5) is 21.3. The monoisotopic (exact) mass is 599 g/mol. The molecule has 0 spiro atoms. The Morgan fingerprint density at radius 3 is 2.63 bits per heavy atom. The van der Waals surface area contributed by atoms with Crippen LogP contribution < -0.4 is 25.7 Å². The number of halogens is 4. The standard InChI is InChI=1S/C29H29F4N7O3/c1-27(2,3)22-14-28(4,40(39-22)17-7-5-6-16(12-17)29(31,32)33)38-26(42)36-20-9-8-18(13-19(20)30)43-21-10-11-34-25-24(21)35-15-23(41)37-25/h5-13,15,23,41H,14H2,1-4H3,(H,34,37)(H2,36,38,42). The Balaban J connectivity index is 1.33. The van der Waals surface area contributed by atoms with Gasteiger partial charge in [-0.15, -0.1) is 0 Å². The fourth-order valence-corrected chi connectivity index (χ4v) is 4.59. The minimum atomic E-state index is -4.57. The summed E-state index contributed by atoms with van der Waals surface area (Å²) in [5.41, 5.74) is -1.60. The van der Waals surface area contributed by atoms with Crippen molar-refractivity contribution in [2.75, 3.05) is 15.6 Å². The minimum Gasteiger partial charge on any atom is -0.455 e. The summed E-state index contributed by atoms with van der Waals surface area (Å²) in [5, 5.41) is 23.5. The molecular weight excluding hydrogens is 570 g/mol. The van der Waals surface area contributed by atoms with E-state index in [0.717, 1.165) is 18.2 Å². The van der Waals surface area contributed by atoms with E-state index in [1.807, 2.05) is 20.8 Å². The number of pyridine rings is 1. The summed E-state index contributed by atoms with van der Waals surface area (Å²) < 4.78 is 61.2. The number of alkyl halides is 3. The predicted octanol–water partition coefficient (Wildman–Crippen LogP) is 6.63. The summed E-state index contributed by atoms with van der Waals surface area (Å²) in [6, 6.07) is 9.23. The number of rotatable bonds is 5. The summed E-state index contributed by atoms with van der Waals surface area (Å²) in [7, 11) is 0. The third-order valence-corrected chi connectivity index (χ3v) is 6.80. The molecule has 10 nitrogen and oxygen atoms in total. The quantitative estimate of drug-likeness (QED) is 0.244. The molecule has 0 fully saturated rings. The smallest absolute Gasteiger partial charge is 0.416 e. The molecule has 1 aromatic heterocycles. The number of nitrogens with zero attached hydrogens (tertiary/aromatic N) is 4. The number of carbonyl (C=O) groups is 1. The highest BCUT2D eigenvalue weighted by Gasteiger charge is 2.44. The van der Waals surface area contributed by atoms with E-state index in [1.54, 1.807) is 6.92 Å². The van der Waals surface area contributed by atoms with Gasteiger partial charge in [0, 0.05) is 35.9 Å². The number of aliphatic hydroxyl groups is 1. The number of anilines is 3. The van der Waals surface area contributed by atoms with Crippen molar-refractivity contribution in [3.8, 4) is 11.5 Å². The number of aliphatic imine (C=N–C) groups is 1. The molecule has 0 saturated heterocycles. The van der Waals surface area contributed by atoms with Gasteiger partial charge in [0.15, 0.2) is 17.8 Å². The predicted molar refractivity (Wildman–Crippen MR) is 154 cm³/mol. The Hall–Kier alpha value is -4.72. The summed E-state index contributed by atoms with van der Waals surface area (Å²) in [6.45, 7) is 7.37. The largest absolute Gasteiger partial charge is 0.455 e. The van der Waals surface area contributed by atoms with Crippen molar-refractivity contribution in [1.29, 1.82) is 0 Å². The van der Waals surface area contributed by atoms with E-state index in [2.05, 4.69) is 31.0 Å². The number of urea groups is 1. The molecule has 226 valence electrons. The van der Waals surface area contributed by atoms with Gasteiger partial charge in [-0.2, -0.15) is 18.3 Å². The van der Waals surface area contributed by atoms with Crippen LogP contribution in [0.15, 0.2) is 64.8 Å². The summed E-state index contributed by atoms with van der Waals surface area (Å²) in [6.07, 6.45) is -2.66. The molecule has 4 N–H and O–H groups in total. The molecule has 3 aromatic rings. The van der Waals surface area contributed by atoms with Crippen molar-refractivity contribution in [3.63, 3.8) is 0 Å². The van der Waals surface area contributed by atoms with Gasteiger partial charge >= 0.3 is 12.2 Å². The number of hydrogen-bond donors (Lipinski definition) is 4. The second-order valence-corrected chi connectivity index (χ2v) is 11.3. The van der Waals surface area contributed by atoms with Crippen LogP contribution in [0.5, 0.6) is 11.5 Å². The van der Waals surface area contributed by atoms with Crippen LogP contribution in [0.4, 0.5) is 45.2 Å². The zero-order valence-corrected chi connectivity index (χ0v) is 23.6. The number of aliphatic hydroxyl groups excluding tert-OH is 1. The number of fused-ring (bicyclic) bond motifs is 1. The number of amides is 2. The topological polar surface area (TPSA) is 123 Å². The molecule has 2 aliphatic heterocycles. The van der Waals surface area contributed by atoms with Gasteiger partial charge in [0.25, 0.3) is 0 Å². The SMILES string of the molecule is CC(C)(C)C1=NN(c2cccc(C(F)(F)F)c2)C(C)(NC(=O)Nc2ccc(Oc3ccnc4c3N=CC(O)N4)cc2F)C1. The first kappa shape index (κ1) is 29.8. The highest BCUT2D eigenvalue weighted by atomic mass is 19.4. The maximum atomic E-state index is 15.1. The lowest BCUT2D eigenvalue weighted by Crippen LogP contribution is -2.56. The third-order valence-electron chi connectivity index (χ3n) is 6.80. The highest BCUT2D eigenvalue weighted by molar-refractivity contribution is 5.96. The zero-order valence-electron chi connectivity index (χ0n) is 23.6. The molecule has 5 rings (SSSR count). The van der Waals surface area contributed by atoms with Crippen molar-refractivity contribution in [2.24, 2.45) is 15.5 Å². The van der Waals surface area contributed by atoms with Crippen molar-refractivity contribution in [3.05, 3.63) is 66.1 Å².